The minimum Gasteiger partial charge on any atom is -0.496 e. The lowest BCUT2D eigenvalue weighted by Crippen LogP contribution is -2.48. The van der Waals surface area contributed by atoms with Gasteiger partial charge in [-0.2, -0.15) is 0 Å². The first-order valence-electron chi connectivity index (χ1n) is 7.25. The average molecular weight is 278 g/mol. The first-order chi connectivity index (χ1) is 9.44. The van der Waals surface area contributed by atoms with Crippen molar-refractivity contribution in [3.05, 3.63) is 28.8 Å². The van der Waals surface area contributed by atoms with Gasteiger partial charge in [-0.3, -0.25) is 4.90 Å². The minimum atomic E-state index is -0.902. The summed E-state index contributed by atoms with van der Waals surface area (Å²) in [7, 11) is 1.67. The summed E-state index contributed by atoms with van der Waals surface area (Å²) in [5, 5.41) is 14.3. The van der Waals surface area contributed by atoms with Gasteiger partial charge in [-0.15, -0.1) is 0 Å². The zero-order valence-electron chi connectivity index (χ0n) is 13.0. The van der Waals surface area contributed by atoms with Crippen LogP contribution in [0.3, 0.4) is 0 Å². The summed E-state index contributed by atoms with van der Waals surface area (Å²) in [5.74, 6) is 0.780. The van der Waals surface area contributed by atoms with Crippen LogP contribution in [0.25, 0.3) is 0 Å². The number of nitrogens with zero attached hydrogens (tertiary/aromatic N) is 1. The molecule has 1 aromatic rings. The number of ether oxygens (including phenoxy) is 1. The predicted octanol–water partition coefficient (Wildman–Crippen LogP) is 1.42. The van der Waals surface area contributed by atoms with Crippen LogP contribution in [0.4, 0.5) is 0 Å². The van der Waals surface area contributed by atoms with Crippen molar-refractivity contribution in [3.63, 3.8) is 0 Å². The summed E-state index contributed by atoms with van der Waals surface area (Å²) in [6.45, 7) is 10.5. The molecule has 1 atom stereocenters. The van der Waals surface area contributed by atoms with Gasteiger partial charge in [-0.05, 0) is 38.0 Å². The molecule has 1 saturated heterocycles. The van der Waals surface area contributed by atoms with E-state index in [-0.39, 0.29) is 0 Å². The van der Waals surface area contributed by atoms with Crippen molar-refractivity contribution in [1.29, 1.82) is 0 Å². The van der Waals surface area contributed by atoms with Crippen LogP contribution in [0.5, 0.6) is 5.75 Å². The van der Waals surface area contributed by atoms with Crippen LogP contribution in [0, 0.1) is 13.8 Å². The fourth-order valence-corrected chi connectivity index (χ4v) is 3.16. The van der Waals surface area contributed by atoms with Crippen LogP contribution in [0.1, 0.15) is 23.6 Å². The molecular weight excluding hydrogens is 252 g/mol. The third-order valence-electron chi connectivity index (χ3n) is 3.94. The molecule has 0 aliphatic carbocycles. The largest absolute Gasteiger partial charge is 0.496 e. The van der Waals surface area contributed by atoms with E-state index in [0.717, 1.165) is 48.6 Å². The lowest BCUT2D eigenvalue weighted by Gasteiger charge is -2.35. The summed E-state index contributed by atoms with van der Waals surface area (Å²) in [6, 6.07) is 4.10. The molecule has 0 saturated carbocycles. The first kappa shape index (κ1) is 15.3. The van der Waals surface area contributed by atoms with Gasteiger partial charge in [0.25, 0.3) is 0 Å². The highest BCUT2D eigenvalue weighted by atomic mass is 16.5. The quantitative estimate of drug-likeness (QED) is 0.874. The van der Waals surface area contributed by atoms with Crippen LogP contribution in [0.2, 0.25) is 0 Å². The molecule has 0 amide bonds. The Hall–Kier alpha value is -1.10. The second-order valence-corrected chi connectivity index (χ2v) is 5.96. The number of β-amino-alcohol motifs (C(OH)–C–C–N with tert-alkyl or cyclic N) is 1. The number of benzene rings is 1. The van der Waals surface area contributed by atoms with Crippen molar-refractivity contribution >= 4 is 0 Å². The smallest absolute Gasteiger partial charge is 0.125 e. The fraction of sp³-hybridized carbons (Fsp3) is 0.625. The van der Waals surface area contributed by atoms with E-state index >= 15 is 0 Å². The fourth-order valence-electron chi connectivity index (χ4n) is 3.16. The maximum atomic E-state index is 11.0. The Morgan fingerprint density at radius 2 is 1.95 bits per heavy atom. The predicted molar refractivity (Wildman–Crippen MR) is 81.3 cm³/mol. The Morgan fingerprint density at radius 1 is 1.30 bits per heavy atom. The number of piperazine rings is 1. The van der Waals surface area contributed by atoms with Gasteiger partial charge >= 0.3 is 0 Å². The number of rotatable bonds is 4. The van der Waals surface area contributed by atoms with Gasteiger partial charge in [0.2, 0.25) is 0 Å². The van der Waals surface area contributed by atoms with Crippen LogP contribution in [0.15, 0.2) is 12.1 Å². The summed E-state index contributed by atoms with van der Waals surface area (Å²) in [4.78, 5) is 2.30. The van der Waals surface area contributed by atoms with E-state index < -0.39 is 5.60 Å². The van der Waals surface area contributed by atoms with Gasteiger partial charge in [0.05, 0.1) is 7.11 Å². The molecule has 1 aromatic carbocycles. The van der Waals surface area contributed by atoms with Gasteiger partial charge in [0, 0.05) is 38.3 Å². The molecule has 1 fully saturated rings. The summed E-state index contributed by atoms with van der Waals surface area (Å²) >= 11 is 0. The molecule has 0 bridgehead atoms. The highest BCUT2D eigenvalue weighted by Gasteiger charge is 2.31. The normalized spacial score (nSPS) is 19.6. The van der Waals surface area contributed by atoms with Crippen LogP contribution in [-0.4, -0.2) is 49.8 Å². The Labute approximate surface area is 121 Å². The zero-order chi connectivity index (χ0) is 14.8. The number of methoxy groups -OCH3 is 1. The van der Waals surface area contributed by atoms with E-state index in [9.17, 15) is 5.11 Å². The molecule has 1 heterocycles. The van der Waals surface area contributed by atoms with Gasteiger partial charge in [0.1, 0.15) is 11.4 Å². The molecule has 1 unspecified atom stereocenters. The van der Waals surface area contributed by atoms with E-state index in [1.54, 1.807) is 7.11 Å². The third-order valence-corrected chi connectivity index (χ3v) is 3.94. The first-order valence-corrected chi connectivity index (χ1v) is 7.25. The van der Waals surface area contributed by atoms with Crippen molar-refractivity contribution in [1.82, 2.24) is 10.2 Å². The molecular formula is C16H26N2O2. The number of hydrogen-bond donors (Lipinski definition) is 2. The molecule has 0 aromatic heterocycles. The van der Waals surface area contributed by atoms with E-state index in [0.29, 0.717) is 6.54 Å². The van der Waals surface area contributed by atoms with Gasteiger partial charge in [-0.1, -0.05) is 6.07 Å². The van der Waals surface area contributed by atoms with Crippen molar-refractivity contribution in [2.45, 2.75) is 26.4 Å². The SMILES string of the molecule is COc1cc(C)cc(C)c1C(C)(O)CN1CCNCC1. The van der Waals surface area contributed by atoms with Crippen molar-refractivity contribution in [2.75, 3.05) is 39.8 Å². The monoisotopic (exact) mass is 278 g/mol. The summed E-state index contributed by atoms with van der Waals surface area (Å²) in [5.41, 5.74) is 2.24. The van der Waals surface area contributed by atoms with Crippen LogP contribution in [-0.2, 0) is 5.60 Å². The summed E-state index contributed by atoms with van der Waals surface area (Å²) < 4.78 is 5.49. The van der Waals surface area contributed by atoms with E-state index in [1.165, 1.54) is 0 Å². The maximum absolute atomic E-state index is 11.0. The van der Waals surface area contributed by atoms with E-state index in [4.69, 9.17) is 4.74 Å². The minimum absolute atomic E-state index is 0.634. The Bertz CT molecular complexity index is 466. The van der Waals surface area contributed by atoms with Gasteiger partial charge in [-0.25, -0.2) is 0 Å². The van der Waals surface area contributed by atoms with Crippen molar-refractivity contribution in [3.8, 4) is 5.75 Å². The van der Waals surface area contributed by atoms with Crippen LogP contribution >= 0.6 is 0 Å². The number of aryl methyl sites for hydroxylation is 2. The summed E-state index contributed by atoms with van der Waals surface area (Å²) in [6.07, 6.45) is 0. The Balaban J connectivity index is 2.27. The molecule has 2 N–H and O–H groups in total. The highest BCUT2D eigenvalue weighted by Crippen LogP contribution is 2.34. The molecule has 20 heavy (non-hydrogen) atoms. The number of hydrogen-bond acceptors (Lipinski definition) is 4. The second-order valence-electron chi connectivity index (χ2n) is 5.96. The van der Waals surface area contributed by atoms with Gasteiger partial charge < -0.3 is 15.2 Å². The number of nitrogens with one attached hydrogen (secondary N) is 1. The molecule has 1 aliphatic heterocycles. The highest BCUT2D eigenvalue weighted by molar-refractivity contribution is 5.46. The maximum Gasteiger partial charge on any atom is 0.125 e. The molecule has 0 spiro atoms. The van der Waals surface area contributed by atoms with Crippen molar-refractivity contribution < 1.29 is 9.84 Å². The zero-order valence-corrected chi connectivity index (χ0v) is 13.0. The van der Waals surface area contributed by atoms with E-state index in [2.05, 4.69) is 16.3 Å². The topological polar surface area (TPSA) is 44.7 Å². The average Bonchev–Trinajstić information content (AvgIpc) is 2.37. The Kier molecular flexibility index (Phi) is 4.68. The number of aliphatic hydroxyl groups is 1. The molecule has 0 radical (unpaired) electrons. The molecule has 1 aliphatic rings. The van der Waals surface area contributed by atoms with Crippen molar-refractivity contribution in [2.24, 2.45) is 0 Å². The molecule has 4 heteroatoms. The van der Waals surface area contributed by atoms with E-state index in [1.807, 2.05) is 26.8 Å². The molecule has 4 nitrogen and oxygen atoms in total. The molecule has 112 valence electrons. The Morgan fingerprint density at radius 3 is 2.55 bits per heavy atom. The second kappa shape index (κ2) is 6.12. The standard InChI is InChI=1S/C16H26N2O2/c1-12-9-13(2)15(14(10-12)20-4)16(3,19)11-18-7-5-17-6-8-18/h9-10,17,19H,5-8,11H2,1-4H3. The lowest BCUT2D eigenvalue weighted by atomic mass is 9.89. The lowest BCUT2D eigenvalue weighted by molar-refractivity contribution is 0.0103. The van der Waals surface area contributed by atoms with Crippen LogP contribution < -0.4 is 10.1 Å². The third kappa shape index (κ3) is 3.32. The molecule has 2 rings (SSSR count). The van der Waals surface area contributed by atoms with Gasteiger partial charge in [0.15, 0.2) is 0 Å².